The van der Waals surface area contributed by atoms with E-state index in [1.54, 1.807) is 0 Å². The lowest BCUT2D eigenvalue weighted by atomic mass is 9.94. The summed E-state index contributed by atoms with van der Waals surface area (Å²) in [6.07, 6.45) is 2.70. The van der Waals surface area contributed by atoms with Gasteiger partial charge in [-0.2, -0.15) is 0 Å². The normalized spacial score (nSPS) is 22.5. The molecule has 0 saturated carbocycles. The third kappa shape index (κ3) is 1.21. The number of nitrogens with one attached hydrogen (secondary N) is 1. The molecule has 3 rings (SSSR count). The molecular formula is C13H16N2O. The first kappa shape index (κ1) is 9.85. The number of benzene rings is 1. The van der Waals surface area contributed by atoms with Gasteiger partial charge in [-0.25, -0.2) is 0 Å². The predicted molar refractivity (Wildman–Crippen MR) is 64.3 cm³/mol. The van der Waals surface area contributed by atoms with Crippen LogP contribution in [0.3, 0.4) is 0 Å². The van der Waals surface area contributed by atoms with Crippen molar-refractivity contribution in [3.63, 3.8) is 0 Å². The summed E-state index contributed by atoms with van der Waals surface area (Å²) in [5.74, 6) is 0.639. The third-order valence-corrected chi connectivity index (χ3v) is 3.62. The summed E-state index contributed by atoms with van der Waals surface area (Å²) < 4.78 is 0. The van der Waals surface area contributed by atoms with Crippen LogP contribution in [0.25, 0.3) is 0 Å². The van der Waals surface area contributed by atoms with E-state index in [9.17, 15) is 5.11 Å². The number of aryl methyl sites for hydroxylation is 2. The highest BCUT2D eigenvalue weighted by molar-refractivity contribution is 6.05. The molecule has 3 heteroatoms. The van der Waals surface area contributed by atoms with Crippen LogP contribution >= 0.6 is 0 Å². The second-order valence-corrected chi connectivity index (χ2v) is 4.80. The number of nitrogens with zero attached hydrogens (tertiary/aromatic N) is 1. The number of aliphatic hydroxyl groups is 1. The maximum atomic E-state index is 9.38. The van der Waals surface area contributed by atoms with Gasteiger partial charge in [-0.3, -0.25) is 5.41 Å². The monoisotopic (exact) mass is 216 g/mol. The number of aliphatic hydroxyl groups excluding tert-OH is 1. The Bertz CT molecular complexity index is 467. The number of rotatable bonds is 1. The number of hydrogen-bond acceptors (Lipinski definition) is 2. The van der Waals surface area contributed by atoms with Crippen molar-refractivity contribution < 1.29 is 5.11 Å². The molecule has 1 unspecified atom stereocenters. The van der Waals surface area contributed by atoms with Gasteiger partial charge in [0.25, 0.3) is 0 Å². The summed E-state index contributed by atoms with van der Waals surface area (Å²) in [6.45, 7) is 2.26. The van der Waals surface area contributed by atoms with E-state index < -0.39 is 0 Å². The summed E-state index contributed by atoms with van der Waals surface area (Å²) in [5.41, 5.74) is 5.10. The van der Waals surface area contributed by atoms with Gasteiger partial charge in [0.1, 0.15) is 5.84 Å². The van der Waals surface area contributed by atoms with Crippen LogP contribution in [-0.2, 0) is 12.8 Å². The van der Waals surface area contributed by atoms with E-state index in [0.29, 0.717) is 5.84 Å². The van der Waals surface area contributed by atoms with E-state index >= 15 is 0 Å². The fourth-order valence-electron chi connectivity index (χ4n) is 3.00. The molecule has 0 fully saturated rings. The van der Waals surface area contributed by atoms with Crippen molar-refractivity contribution in [2.24, 2.45) is 0 Å². The van der Waals surface area contributed by atoms with Crippen molar-refractivity contribution in [3.8, 4) is 0 Å². The maximum absolute atomic E-state index is 9.38. The van der Waals surface area contributed by atoms with Crippen molar-refractivity contribution in [2.45, 2.75) is 32.2 Å². The van der Waals surface area contributed by atoms with Gasteiger partial charge in [0.05, 0.1) is 12.6 Å². The van der Waals surface area contributed by atoms with Crippen molar-refractivity contribution in [1.82, 2.24) is 0 Å². The van der Waals surface area contributed by atoms with Gasteiger partial charge >= 0.3 is 0 Å². The molecule has 0 amide bonds. The van der Waals surface area contributed by atoms with E-state index in [1.165, 1.54) is 22.4 Å². The Hall–Kier alpha value is -1.35. The second-order valence-electron chi connectivity index (χ2n) is 4.80. The van der Waals surface area contributed by atoms with E-state index in [1.807, 2.05) is 4.90 Å². The molecular weight excluding hydrogens is 200 g/mol. The van der Waals surface area contributed by atoms with Gasteiger partial charge in [-0.05, 0) is 30.9 Å². The molecule has 1 atom stereocenters. The number of amidine groups is 1. The molecule has 16 heavy (non-hydrogen) atoms. The van der Waals surface area contributed by atoms with E-state index in [2.05, 4.69) is 19.1 Å². The Morgan fingerprint density at radius 3 is 2.94 bits per heavy atom. The average molecular weight is 216 g/mol. The molecule has 0 saturated heterocycles. The molecule has 0 aromatic heterocycles. The standard InChI is InChI=1S/C13H16N2O/c1-8-4-9-2-3-11(7-16)15-12(14)6-10(5-8)13(9)15/h4-5,11,14,16H,2-3,6-7H2,1H3. The summed E-state index contributed by atoms with van der Waals surface area (Å²) in [7, 11) is 0. The van der Waals surface area contributed by atoms with Crippen molar-refractivity contribution >= 4 is 11.5 Å². The minimum Gasteiger partial charge on any atom is -0.394 e. The highest BCUT2D eigenvalue weighted by Crippen LogP contribution is 2.39. The molecule has 0 radical (unpaired) electrons. The fraction of sp³-hybridized carbons (Fsp3) is 0.462. The van der Waals surface area contributed by atoms with Gasteiger partial charge in [-0.1, -0.05) is 17.7 Å². The third-order valence-electron chi connectivity index (χ3n) is 3.62. The lowest BCUT2D eigenvalue weighted by Crippen LogP contribution is -2.43. The Morgan fingerprint density at radius 1 is 1.44 bits per heavy atom. The molecule has 2 heterocycles. The van der Waals surface area contributed by atoms with E-state index in [0.717, 1.165) is 19.3 Å². The van der Waals surface area contributed by atoms with Crippen LogP contribution in [0, 0.1) is 12.3 Å². The van der Waals surface area contributed by atoms with Crippen LogP contribution in [0.1, 0.15) is 23.1 Å². The van der Waals surface area contributed by atoms with Crippen LogP contribution in [-0.4, -0.2) is 23.6 Å². The molecule has 2 aliphatic heterocycles. The summed E-state index contributed by atoms with van der Waals surface area (Å²) >= 11 is 0. The summed E-state index contributed by atoms with van der Waals surface area (Å²) in [6, 6.07) is 4.51. The van der Waals surface area contributed by atoms with Crippen LogP contribution in [0.2, 0.25) is 0 Å². The summed E-state index contributed by atoms with van der Waals surface area (Å²) in [5, 5.41) is 17.4. The van der Waals surface area contributed by atoms with Gasteiger partial charge in [-0.15, -0.1) is 0 Å². The smallest absolute Gasteiger partial charge is 0.105 e. The highest BCUT2D eigenvalue weighted by Gasteiger charge is 2.35. The van der Waals surface area contributed by atoms with Crippen LogP contribution in [0.4, 0.5) is 5.69 Å². The Labute approximate surface area is 95.2 Å². The molecule has 3 nitrogen and oxygen atoms in total. The quantitative estimate of drug-likeness (QED) is 0.749. The Morgan fingerprint density at radius 2 is 2.19 bits per heavy atom. The number of anilines is 1. The lowest BCUT2D eigenvalue weighted by Gasteiger charge is -2.34. The Balaban J connectivity index is 2.18. The molecule has 0 aliphatic carbocycles. The molecule has 84 valence electrons. The van der Waals surface area contributed by atoms with Gasteiger partial charge in [0, 0.05) is 12.1 Å². The van der Waals surface area contributed by atoms with Crippen molar-refractivity contribution in [3.05, 3.63) is 28.8 Å². The molecule has 0 bridgehead atoms. The first-order chi connectivity index (χ1) is 7.70. The predicted octanol–water partition coefficient (Wildman–Crippen LogP) is 1.64. The van der Waals surface area contributed by atoms with E-state index in [-0.39, 0.29) is 12.6 Å². The van der Waals surface area contributed by atoms with Crippen LogP contribution < -0.4 is 4.90 Å². The zero-order valence-corrected chi connectivity index (χ0v) is 9.45. The highest BCUT2D eigenvalue weighted by atomic mass is 16.3. The fourth-order valence-corrected chi connectivity index (χ4v) is 3.00. The minimum atomic E-state index is 0.115. The Kier molecular flexibility index (Phi) is 2.04. The van der Waals surface area contributed by atoms with Crippen LogP contribution in [0.15, 0.2) is 12.1 Å². The second kappa shape index (κ2) is 3.32. The lowest BCUT2D eigenvalue weighted by molar-refractivity contribution is 0.258. The van der Waals surface area contributed by atoms with Gasteiger partial charge < -0.3 is 10.0 Å². The van der Waals surface area contributed by atoms with Crippen molar-refractivity contribution in [2.75, 3.05) is 11.5 Å². The van der Waals surface area contributed by atoms with Gasteiger partial charge in [0.15, 0.2) is 0 Å². The first-order valence-corrected chi connectivity index (χ1v) is 5.80. The first-order valence-electron chi connectivity index (χ1n) is 5.80. The van der Waals surface area contributed by atoms with E-state index in [4.69, 9.17) is 5.41 Å². The molecule has 2 N–H and O–H groups in total. The average Bonchev–Trinajstić information content (AvgIpc) is 2.58. The maximum Gasteiger partial charge on any atom is 0.105 e. The van der Waals surface area contributed by atoms with Gasteiger partial charge in [0.2, 0.25) is 0 Å². The SMILES string of the molecule is Cc1cc2c3c(c1)CC(=N)N3C(CO)CC2. The minimum absolute atomic E-state index is 0.115. The molecule has 0 spiro atoms. The largest absolute Gasteiger partial charge is 0.394 e. The zero-order valence-electron chi connectivity index (χ0n) is 9.45. The molecule has 1 aromatic rings. The summed E-state index contributed by atoms with van der Waals surface area (Å²) in [4.78, 5) is 2.04. The topological polar surface area (TPSA) is 47.3 Å². The molecule has 2 aliphatic rings. The zero-order chi connectivity index (χ0) is 11.3. The van der Waals surface area contributed by atoms with Crippen LogP contribution in [0.5, 0.6) is 0 Å². The number of hydrogen-bond donors (Lipinski definition) is 2. The molecule has 1 aromatic carbocycles. The van der Waals surface area contributed by atoms with Crippen molar-refractivity contribution in [1.29, 1.82) is 5.41 Å².